The van der Waals surface area contributed by atoms with Crippen molar-refractivity contribution in [2.24, 2.45) is 0 Å². The molecule has 1 heterocycles. The third-order valence-corrected chi connectivity index (χ3v) is 4.69. The zero-order valence-corrected chi connectivity index (χ0v) is 18.2. The Labute approximate surface area is 187 Å². The third-order valence-electron chi connectivity index (χ3n) is 4.69. The number of benzene rings is 2. The van der Waals surface area contributed by atoms with Crippen molar-refractivity contribution in [2.45, 2.75) is 20.0 Å². The summed E-state index contributed by atoms with van der Waals surface area (Å²) in [5.41, 5.74) is -1.21. The molecule has 0 aliphatic carbocycles. The van der Waals surface area contributed by atoms with E-state index in [1.807, 2.05) is 6.92 Å². The molecule has 1 aromatic heterocycles. The molecule has 0 saturated heterocycles. The SMILES string of the molecule is COCCOc1cc(C)ccc1NC(=O)c1nn(-c2ccccc2C(F)(F)F)c(C)cc1=O. The van der Waals surface area contributed by atoms with Gasteiger partial charge in [-0.2, -0.15) is 18.3 Å². The summed E-state index contributed by atoms with van der Waals surface area (Å²) in [6, 6.07) is 10.9. The fraction of sp³-hybridized carbons (Fsp3) is 0.261. The fourth-order valence-electron chi connectivity index (χ4n) is 3.12. The first kappa shape index (κ1) is 24.0. The Kier molecular flexibility index (Phi) is 7.17. The van der Waals surface area contributed by atoms with Gasteiger partial charge < -0.3 is 14.8 Å². The second-order valence-electron chi connectivity index (χ2n) is 7.22. The summed E-state index contributed by atoms with van der Waals surface area (Å²) >= 11 is 0. The molecular formula is C23H22F3N3O4. The number of ether oxygens (including phenoxy) is 2. The van der Waals surface area contributed by atoms with Crippen LogP contribution in [0.5, 0.6) is 5.75 Å². The number of alkyl halides is 3. The lowest BCUT2D eigenvalue weighted by molar-refractivity contribution is -0.137. The number of rotatable bonds is 7. The van der Waals surface area contributed by atoms with Gasteiger partial charge in [-0.05, 0) is 43.7 Å². The summed E-state index contributed by atoms with van der Waals surface area (Å²) in [6.07, 6.45) is -4.65. The summed E-state index contributed by atoms with van der Waals surface area (Å²) in [5, 5.41) is 6.53. The van der Waals surface area contributed by atoms with Gasteiger partial charge in [0.05, 0.1) is 23.5 Å². The maximum Gasteiger partial charge on any atom is 0.418 e. The average molecular weight is 461 g/mol. The normalized spacial score (nSPS) is 11.3. The van der Waals surface area contributed by atoms with Crippen molar-refractivity contribution < 1.29 is 27.4 Å². The van der Waals surface area contributed by atoms with Crippen LogP contribution in [0.3, 0.4) is 0 Å². The maximum atomic E-state index is 13.5. The van der Waals surface area contributed by atoms with Crippen LogP contribution in [-0.2, 0) is 10.9 Å². The van der Waals surface area contributed by atoms with Gasteiger partial charge in [0.25, 0.3) is 5.91 Å². The first-order valence-electron chi connectivity index (χ1n) is 9.93. The smallest absolute Gasteiger partial charge is 0.418 e. The van der Waals surface area contributed by atoms with Crippen LogP contribution < -0.4 is 15.5 Å². The van der Waals surface area contributed by atoms with Gasteiger partial charge >= 0.3 is 6.18 Å². The predicted molar refractivity (Wildman–Crippen MR) is 116 cm³/mol. The van der Waals surface area contributed by atoms with Gasteiger partial charge in [0, 0.05) is 18.9 Å². The molecule has 10 heteroatoms. The highest BCUT2D eigenvalue weighted by atomic mass is 19.4. The molecule has 7 nitrogen and oxygen atoms in total. The minimum Gasteiger partial charge on any atom is -0.489 e. The van der Waals surface area contributed by atoms with E-state index >= 15 is 0 Å². The molecule has 2 aromatic carbocycles. The molecule has 0 aliphatic rings. The Morgan fingerprint density at radius 3 is 2.52 bits per heavy atom. The van der Waals surface area contributed by atoms with E-state index < -0.39 is 28.8 Å². The van der Waals surface area contributed by atoms with Crippen LogP contribution in [-0.4, -0.2) is 36.0 Å². The number of hydrogen-bond donors (Lipinski definition) is 1. The van der Waals surface area contributed by atoms with Crippen molar-refractivity contribution >= 4 is 11.6 Å². The number of methoxy groups -OCH3 is 1. The maximum absolute atomic E-state index is 13.5. The van der Waals surface area contributed by atoms with Gasteiger partial charge in [-0.1, -0.05) is 18.2 Å². The number of aromatic nitrogens is 2. The molecule has 1 N–H and O–H groups in total. The second-order valence-corrected chi connectivity index (χ2v) is 7.22. The lowest BCUT2D eigenvalue weighted by atomic mass is 10.1. The van der Waals surface area contributed by atoms with E-state index in [-0.39, 0.29) is 23.7 Å². The first-order chi connectivity index (χ1) is 15.6. The van der Waals surface area contributed by atoms with Crippen LogP contribution in [0.15, 0.2) is 53.3 Å². The molecule has 0 saturated carbocycles. The fourth-order valence-corrected chi connectivity index (χ4v) is 3.12. The largest absolute Gasteiger partial charge is 0.489 e. The molecule has 3 rings (SSSR count). The van der Waals surface area contributed by atoms with Gasteiger partial charge in [0.15, 0.2) is 5.69 Å². The molecule has 174 valence electrons. The van der Waals surface area contributed by atoms with E-state index in [1.54, 1.807) is 18.2 Å². The lowest BCUT2D eigenvalue weighted by Crippen LogP contribution is -2.27. The number of halogens is 3. The highest BCUT2D eigenvalue weighted by Crippen LogP contribution is 2.33. The van der Waals surface area contributed by atoms with Crippen LogP contribution >= 0.6 is 0 Å². The van der Waals surface area contributed by atoms with E-state index in [9.17, 15) is 22.8 Å². The second kappa shape index (κ2) is 9.86. The number of nitrogens with one attached hydrogen (secondary N) is 1. The number of carbonyl (C=O) groups is 1. The molecule has 0 atom stereocenters. The van der Waals surface area contributed by atoms with E-state index in [0.717, 1.165) is 22.4 Å². The molecule has 0 aliphatic heterocycles. The molecule has 0 radical (unpaired) electrons. The zero-order chi connectivity index (χ0) is 24.2. The Balaban J connectivity index is 2.00. The predicted octanol–water partition coefficient (Wildman–Crippen LogP) is 4.15. The van der Waals surface area contributed by atoms with Crippen LogP contribution in [0.4, 0.5) is 18.9 Å². The molecule has 0 spiro atoms. The molecule has 0 fully saturated rings. The van der Waals surface area contributed by atoms with Crippen molar-refractivity contribution in [3.8, 4) is 11.4 Å². The average Bonchev–Trinajstić information content (AvgIpc) is 2.75. The van der Waals surface area contributed by atoms with Crippen molar-refractivity contribution in [3.05, 3.63) is 81.3 Å². The van der Waals surface area contributed by atoms with Gasteiger partial charge in [0.1, 0.15) is 12.4 Å². The summed E-state index contributed by atoms with van der Waals surface area (Å²) in [5.74, 6) is -0.520. The minimum atomic E-state index is -4.65. The van der Waals surface area contributed by atoms with Crippen molar-refractivity contribution in [1.29, 1.82) is 0 Å². The number of anilines is 1. The van der Waals surface area contributed by atoms with E-state index in [0.29, 0.717) is 12.4 Å². The van der Waals surface area contributed by atoms with Gasteiger partial charge in [0.2, 0.25) is 5.43 Å². The summed E-state index contributed by atoms with van der Waals surface area (Å²) < 4.78 is 52.0. The third kappa shape index (κ3) is 5.58. The van der Waals surface area contributed by atoms with Gasteiger partial charge in [-0.15, -0.1) is 0 Å². The van der Waals surface area contributed by atoms with Gasteiger partial charge in [-0.3, -0.25) is 9.59 Å². The lowest BCUT2D eigenvalue weighted by Gasteiger charge is -2.17. The molecular weight excluding hydrogens is 439 g/mol. The molecule has 33 heavy (non-hydrogen) atoms. The number of para-hydroxylation sites is 1. The van der Waals surface area contributed by atoms with Crippen LogP contribution in [0.1, 0.15) is 27.3 Å². The van der Waals surface area contributed by atoms with Crippen LogP contribution in [0.25, 0.3) is 5.69 Å². The number of amides is 1. The molecule has 0 bridgehead atoms. The van der Waals surface area contributed by atoms with E-state index in [4.69, 9.17) is 9.47 Å². The van der Waals surface area contributed by atoms with E-state index in [2.05, 4.69) is 10.4 Å². The van der Waals surface area contributed by atoms with Crippen molar-refractivity contribution in [1.82, 2.24) is 9.78 Å². The molecule has 1 amide bonds. The summed E-state index contributed by atoms with van der Waals surface area (Å²) in [6.45, 7) is 3.83. The summed E-state index contributed by atoms with van der Waals surface area (Å²) in [7, 11) is 1.52. The number of hydrogen-bond acceptors (Lipinski definition) is 5. The van der Waals surface area contributed by atoms with Crippen molar-refractivity contribution in [3.63, 3.8) is 0 Å². The quantitative estimate of drug-likeness (QED) is 0.535. The number of aryl methyl sites for hydroxylation is 2. The highest BCUT2D eigenvalue weighted by Gasteiger charge is 2.34. The number of nitrogens with zero attached hydrogens (tertiary/aromatic N) is 2. The van der Waals surface area contributed by atoms with E-state index in [1.165, 1.54) is 32.2 Å². The zero-order valence-electron chi connectivity index (χ0n) is 18.2. The Bertz CT molecular complexity index is 1220. The van der Waals surface area contributed by atoms with Crippen LogP contribution in [0, 0.1) is 13.8 Å². The minimum absolute atomic E-state index is 0.146. The highest BCUT2D eigenvalue weighted by molar-refractivity contribution is 6.03. The standard InChI is InChI=1S/C23H22F3N3O4/c1-14-8-9-17(20(12-14)33-11-10-32-3)27-22(31)21-19(30)13-15(2)29(28-21)18-7-5-4-6-16(18)23(24,25)26/h4-9,12-13H,10-11H2,1-3H3,(H,27,31). The molecule has 0 unspecified atom stereocenters. The number of carbonyl (C=O) groups excluding carboxylic acids is 1. The monoisotopic (exact) mass is 461 g/mol. The Hall–Kier alpha value is -3.66. The van der Waals surface area contributed by atoms with Crippen molar-refractivity contribution in [2.75, 3.05) is 25.6 Å². The van der Waals surface area contributed by atoms with Crippen LogP contribution in [0.2, 0.25) is 0 Å². The van der Waals surface area contributed by atoms with Gasteiger partial charge in [-0.25, -0.2) is 4.68 Å². The first-order valence-corrected chi connectivity index (χ1v) is 9.93. The topological polar surface area (TPSA) is 82.4 Å². The summed E-state index contributed by atoms with van der Waals surface area (Å²) in [4.78, 5) is 25.4. The molecule has 3 aromatic rings. The Morgan fingerprint density at radius 2 is 1.82 bits per heavy atom. The Morgan fingerprint density at radius 1 is 1.09 bits per heavy atom.